The zero-order chi connectivity index (χ0) is 14.0. The number of aromatic nitrogens is 1. The fourth-order valence-electron chi connectivity index (χ4n) is 2.53. The summed E-state index contributed by atoms with van der Waals surface area (Å²) in [6.45, 7) is 1.74. The summed E-state index contributed by atoms with van der Waals surface area (Å²) < 4.78 is 1.63. The number of nitrogens with zero attached hydrogens (tertiary/aromatic N) is 1. The molecular weight excluding hydrogens is 244 g/mol. The van der Waals surface area contributed by atoms with E-state index >= 15 is 0 Å². The van der Waals surface area contributed by atoms with Crippen LogP contribution in [0.1, 0.15) is 53.5 Å². The molecule has 1 aromatic rings. The number of ketones is 1. The molecule has 0 aliphatic heterocycles. The molecular formula is C14H20N2O3. The van der Waals surface area contributed by atoms with Crippen molar-refractivity contribution in [1.82, 2.24) is 9.88 Å². The lowest BCUT2D eigenvalue weighted by atomic mass is 10.0. The van der Waals surface area contributed by atoms with Gasteiger partial charge in [0.05, 0.1) is 5.60 Å². The Kier molecular flexibility index (Phi) is 3.75. The number of aryl methyl sites for hydroxylation is 1. The van der Waals surface area contributed by atoms with Crippen molar-refractivity contribution in [1.29, 1.82) is 0 Å². The molecule has 5 nitrogen and oxygen atoms in total. The molecule has 5 heteroatoms. The van der Waals surface area contributed by atoms with Crippen molar-refractivity contribution in [3.8, 4) is 0 Å². The molecule has 1 fully saturated rings. The minimum atomic E-state index is -0.760. The van der Waals surface area contributed by atoms with E-state index < -0.39 is 5.60 Å². The number of carbonyl (C=O) groups excluding carboxylic acids is 2. The van der Waals surface area contributed by atoms with Gasteiger partial charge in [0, 0.05) is 25.4 Å². The molecule has 104 valence electrons. The van der Waals surface area contributed by atoms with Crippen LogP contribution < -0.4 is 5.32 Å². The number of hydrogen-bond acceptors (Lipinski definition) is 3. The fourth-order valence-corrected chi connectivity index (χ4v) is 2.53. The van der Waals surface area contributed by atoms with Gasteiger partial charge in [-0.05, 0) is 25.8 Å². The molecule has 2 N–H and O–H groups in total. The zero-order valence-electron chi connectivity index (χ0n) is 11.4. The zero-order valence-corrected chi connectivity index (χ0v) is 11.4. The summed E-state index contributed by atoms with van der Waals surface area (Å²) in [5.74, 6) is -0.320. The lowest BCUT2D eigenvalue weighted by Gasteiger charge is -2.22. The summed E-state index contributed by atoms with van der Waals surface area (Å²) >= 11 is 0. The average Bonchev–Trinajstić information content (AvgIpc) is 2.93. The molecule has 0 spiro atoms. The molecule has 1 saturated carbocycles. The highest BCUT2D eigenvalue weighted by Gasteiger charge is 2.31. The normalized spacial score (nSPS) is 17.4. The van der Waals surface area contributed by atoms with Gasteiger partial charge in [-0.25, -0.2) is 0 Å². The molecule has 0 bridgehead atoms. The van der Waals surface area contributed by atoms with Gasteiger partial charge in [-0.3, -0.25) is 9.59 Å². The molecule has 0 atom stereocenters. The van der Waals surface area contributed by atoms with Crippen molar-refractivity contribution in [2.24, 2.45) is 7.05 Å². The Morgan fingerprint density at radius 3 is 2.58 bits per heavy atom. The predicted molar refractivity (Wildman–Crippen MR) is 71.2 cm³/mol. The van der Waals surface area contributed by atoms with E-state index in [9.17, 15) is 14.7 Å². The van der Waals surface area contributed by atoms with Crippen molar-refractivity contribution in [3.05, 3.63) is 23.5 Å². The van der Waals surface area contributed by atoms with Crippen molar-refractivity contribution >= 4 is 11.7 Å². The number of carbonyl (C=O) groups is 2. The highest BCUT2D eigenvalue weighted by Crippen LogP contribution is 2.28. The van der Waals surface area contributed by atoms with Crippen LogP contribution in [0.5, 0.6) is 0 Å². The second kappa shape index (κ2) is 5.17. The molecule has 0 aromatic carbocycles. The smallest absolute Gasteiger partial charge is 0.268 e. The quantitative estimate of drug-likeness (QED) is 0.804. The molecule has 0 radical (unpaired) electrons. The molecule has 1 aliphatic carbocycles. The van der Waals surface area contributed by atoms with Gasteiger partial charge >= 0.3 is 0 Å². The Hall–Kier alpha value is -1.62. The number of amides is 1. The number of nitrogens with one attached hydrogen (secondary N) is 1. The summed E-state index contributed by atoms with van der Waals surface area (Å²) in [5, 5.41) is 12.9. The Labute approximate surface area is 112 Å². The van der Waals surface area contributed by atoms with E-state index in [-0.39, 0.29) is 18.2 Å². The number of hydrogen-bond donors (Lipinski definition) is 2. The van der Waals surface area contributed by atoms with Crippen LogP contribution in [-0.2, 0) is 7.05 Å². The van der Waals surface area contributed by atoms with Gasteiger partial charge < -0.3 is 15.0 Å². The fraction of sp³-hybridized carbons (Fsp3) is 0.571. The van der Waals surface area contributed by atoms with Crippen LogP contribution in [0.15, 0.2) is 12.3 Å². The van der Waals surface area contributed by atoms with Crippen LogP contribution in [0.2, 0.25) is 0 Å². The highest BCUT2D eigenvalue weighted by atomic mass is 16.3. The summed E-state index contributed by atoms with van der Waals surface area (Å²) in [4.78, 5) is 23.3. The second-order valence-corrected chi connectivity index (χ2v) is 5.40. The lowest BCUT2D eigenvalue weighted by molar-refractivity contribution is 0.0448. The number of aliphatic hydroxyl groups is 1. The number of Topliss-reactive ketones (excluding diaryl/α,β-unsaturated/α-hetero) is 1. The number of rotatable bonds is 4. The van der Waals surface area contributed by atoms with E-state index in [2.05, 4.69) is 5.32 Å². The molecule has 1 aromatic heterocycles. The van der Waals surface area contributed by atoms with Crippen molar-refractivity contribution in [2.75, 3.05) is 6.54 Å². The van der Waals surface area contributed by atoms with Crippen molar-refractivity contribution in [3.63, 3.8) is 0 Å². The third kappa shape index (κ3) is 3.04. The SMILES string of the molecule is CC(=O)c1cc(C(=O)NCC2(O)CCCC2)n(C)c1. The summed E-state index contributed by atoms with van der Waals surface area (Å²) in [6, 6.07) is 1.58. The maximum Gasteiger partial charge on any atom is 0.268 e. The maximum absolute atomic E-state index is 12.0. The lowest BCUT2D eigenvalue weighted by Crippen LogP contribution is -2.41. The largest absolute Gasteiger partial charge is 0.388 e. The van der Waals surface area contributed by atoms with Crippen LogP contribution in [0, 0.1) is 0 Å². The van der Waals surface area contributed by atoms with E-state index in [4.69, 9.17) is 0 Å². The minimum Gasteiger partial charge on any atom is -0.388 e. The van der Waals surface area contributed by atoms with E-state index in [0.717, 1.165) is 25.7 Å². The highest BCUT2D eigenvalue weighted by molar-refractivity contribution is 5.99. The minimum absolute atomic E-state index is 0.0657. The third-order valence-corrected chi connectivity index (χ3v) is 3.76. The first-order chi connectivity index (χ1) is 8.91. The van der Waals surface area contributed by atoms with Gasteiger partial charge in [0.2, 0.25) is 0 Å². The van der Waals surface area contributed by atoms with Crippen LogP contribution >= 0.6 is 0 Å². The summed E-state index contributed by atoms with van der Waals surface area (Å²) in [6.07, 6.45) is 5.12. The van der Waals surface area contributed by atoms with Crippen LogP contribution in [0.3, 0.4) is 0 Å². The molecule has 2 rings (SSSR count). The van der Waals surface area contributed by atoms with Gasteiger partial charge in [0.15, 0.2) is 5.78 Å². The van der Waals surface area contributed by atoms with E-state index in [1.807, 2.05) is 0 Å². The predicted octanol–water partition coefficient (Wildman–Crippen LogP) is 1.26. The van der Waals surface area contributed by atoms with Crippen molar-refractivity contribution < 1.29 is 14.7 Å². The molecule has 1 amide bonds. The van der Waals surface area contributed by atoms with Crippen LogP contribution in [0.25, 0.3) is 0 Å². The van der Waals surface area contributed by atoms with Crippen molar-refractivity contribution in [2.45, 2.75) is 38.2 Å². The molecule has 1 heterocycles. The van der Waals surface area contributed by atoms with Gasteiger partial charge in [-0.1, -0.05) is 12.8 Å². The monoisotopic (exact) mass is 264 g/mol. The average molecular weight is 264 g/mol. The van der Waals surface area contributed by atoms with Gasteiger partial charge in [0.1, 0.15) is 5.69 Å². The van der Waals surface area contributed by atoms with E-state index in [1.165, 1.54) is 6.92 Å². The standard InChI is InChI=1S/C14H20N2O3/c1-10(17)11-7-12(16(2)8-11)13(18)15-9-14(19)5-3-4-6-14/h7-8,19H,3-6,9H2,1-2H3,(H,15,18). The maximum atomic E-state index is 12.0. The third-order valence-electron chi connectivity index (χ3n) is 3.76. The first-order valence-electron chi connectivity index (χ1n) is 6.59. The first-order valence-corrected chi connectivity index (χ1v) is 6.59. The Bertz CT molecular complexity index is 499. The Morgan fingerprint density at radius 2 is 2.05 bits per heavy atom. The second-order valence-electron chi connectivity index (χ2n) is 5.40. The first kappa shape index (κ1) is 13.8. The molecule has 19 heavy (non-hydrogen) atoms. The molecule has 0 saturated heterocycles. The van der Waals surface area contributed by atoms with Gasteiger partial charge in [-0.2, -0.15) is 0 Å². The molecule has 1 aliphatic rings. The summed E-state index contributed by atoms with van der Waals surface area (Å²) in [7, 11) is 1.73. The van der Waals surface area contributed by atoms with Crippen LogP contribution in [-0.4, -0.2) is 33.5 Å². The Morgan fingerprint density at radius 1 is 1.42 bits per heavy atom. The van der Waals surface area contributed by atoms with E-state index in [0.29, 0.717) is 11.3 Å². The van der Waals surface area contributed by atoms with Gasteiger partial charge in [-0.15, -0.1) is 0 Å². The van der Waals surface area contributed by atoms with Gasteiger partial charge in [0.25, 0.3) is 5.91 Å². The topological polar surface area (TPSA) is 71.3 Å². The molecule has 0 unspecified atom stereocenters. The van der Waals surface area contributed by atoms with Crippen LogP contribution in [0.4, 0.5) is 0 Å². The van der Waals surface area contributed by atoms with E-state index in [1.54, 1.807) is 23.9 Å². The Balaban J connectivity index is 2.01. The summed E-state index contributed by atoms with van der Waals surface area (Å²) in [5.41, 5.74) is 0.198.